The van der Waals surface area contributed by atoms with E-state index >= 15 is 0 Å². The number of carbonyl (C=O) groups excluding carboxylic acids is 1. The number of hydrogen-bond acceptors (Lipinski definition) is 6. The fraction of sp³-hybridized carbons (Fsp3) is 0.393. The first-order valence-corrected chi connectivity index (χ1v) is 12.0. The van der Waals surface area contributed by atoms with Gasteiger partial charge >= 0.3 is 0 Å². The van der Waals surface area contributed by atoms with E-state index in [4.69, 9.17) is 5.73 Å². The number of carbonyl (C=O) groups is 1. The Bertz CT molecular complexity index is 1170. The zero-order valence-corrected chi connectivity index (χ0v) is 22.0. The number of amides is 1. The van der Waals surface area contributed by atoms with Gasteiger partial charge in [0.2, 0.25) is 5.95 Å². The van der Waals surface area contributed by atoms with Gasteiger partial charge < -0.3 is 20.9 Å². The van der Waals surface area contributed by atoms with Gasteiger partial charge in [0.1, 0.15) is 0 Å². The van der Waals surface area contributed by atoms with Crippen LogP contribution < -0.4 is 16.0 Å². The van der Waals surface area contributed by atoms with Crippen LogP contribution in [-0.2, 0) is 5.41 Å². The highest BCUT2D eigenvalue weighted by molar-refractivity contribution is 6.06. The molecule has 7 heteroatoms. The summed E-state index contributed by atoms with van der Waals surface area (Å²) < 4.78 is 0. The van der Waals surface area contributed by atoms with Crippen molar-refractivity contribution < 1.29 is 4.79 Å². The zero-order valence-electron chi connectivity index (χ0n) is 22.0. The van der Waals surface area contributed by atoms with Crippen molar-refractivity contribution in [2.24, 2.45) is 0 Å². The molecule has 0 saturated carbocycles. The van der Waals surface area contributed by atoms with E-state index in [1.807, 2.05) is 25.1 Å². The Labute approximate surface area is 209 Å². The number of rotatable bonds is 8. The second-order valence-electron chi connectivity index (χ2n) is 10.4. The Morgan fingerprint density at radius 1 is 1.00 bits per heavy atom. The van der Waals surface area contributed by atoms with Gasteiger partial charge in [0.15, 0.2) is 0 Å². The lowest BCUT2D eigenvalue weighted by atomic mass is 9.86. The topological polar surface area (TPSA) is 87.4 Å². The van der Waals surface area contributed by atoms with Crippen molar-refractivity contribution >= 4 is 23.2 Å². The first-order valence-electron chi connectivity index (χ1n) is 12.0. The van der Waals surface area contributed by atoms with Crippen LogP contribution in [0.15, 0.2) is 48.8 Å². The first kappa shape index (κ1) is 26.2. The molecule has 35 heavy (non-hydrogen) atoms. The van der Waals surface area contributed by atoms with Crippen LogP contribution in [0.2, 0.25) is 0 Å². The number of anilines is 3. The lowest BCUT2D eigenvalue weighted by Gasteiger charge is -2.26. The molecule has 0 atom stereocenters. The predicted octanol–water partition coefficient (Wildman–Crippen LogP) is 4.97. The average molecular weight is 475 g/mol. The summed E-state index contributed by atoms with van der Waals surface area (Å²) in [7, 11) is 6.23. The molecular formula is C28H38N6O. The number of nitrogen functional groups attached to an aromatic ring is 1. The summed E-state index contributed by atoms with van der Waals surface area (Å²) in [4.78, 5) is 26.0. The van der Waals surface area contributed by atoms with Gasteiger partial charge in [-0.1, -0.05) is 32.9 Å². The van der Waals surface area contributed by atoms with Crippen molar-refractivity contribution in [3.05, 3.63) is 65.5 Å². The molecule has 0 radical (unpaired) electrons. The molecule has 3 aromatic rings. The smallest absolute Gasteiger partial charge is 0.255 e. The van der Waals surface area contributed by atoms with E-state index in [1.54, 1.807) is 12.4 Å². The van der Waals surface area contributed by atoms with Gasteiger partial charge in [-0.3, -0.25) is 4.79 Å². The van der Waals surface area contributed by atoms with Crippen LogP contribution in [0.4, 0.5) is 17.3 Å². The number of nitrogens with zero attached hydrogens (tertiary/aromatic N) is 4. The lowest BCUT2D eigenvalue weighted by Crippen LogP contribution is -2.25. The molecule has 1 aromatic heterocycles. The number of benzene rings is 2. The average Bonchev–Trinajstić information content (AvgIpc) is 2.79. The second kappa shape index (κ2) is 10.9. The minimum absolute atomic E-state index is 0.0340. The van der Waals surface area contributed by atoms with Crippen LogP contribution in [0.5, 0.6) is 0 Å². The molecule has 0 unspecified atom stereocenters. The molecular weight excluding hydrogens is 436 g/mol. The monoisotopic (exact) mass is 474 g/mol. The van der Waals surface area contributed by atoms with Crippen LogP contribution in [0, 0.1) is 6.92 Å². The van der Waals surface area contributed by atoms with Gasteiger partial charge in [-0.25, -0.2) is 9.97 Å². The first-order chi connectivity index (χ1) is 16.5. The van der Waals surface area contributed by atoms with Crippen molar-refractivity contribution in [1.82, 2.24) is 14.9 Å². The fourth-order valence-electron chi connectivity index (χ4n) is 3.93. The zero-order chi connectivity index (χ0) is 25.8. The summed E-state index contributed by atoms with van der Waals surface area (Å²) in [5.41, 5.74) is 11.9. The molecule has 1 heterocycles. The van der Waals surface area contributed by atoms with E-state index in [9.17, 15) is 4.79 Å². The molecule has 0 aliphatic rings. The maximum atomic E-state index is 13.4. The maximum absolute atomic E-state index is 13.4. The van der Waals surface area contributed by atoms with E-state index in [-0.39, 0.29) is 17.3 Å². The SMILES string of the molecule is Cc1ccc(C(=O)Nc2cc(C(C)(C)C)ccc2N(C)CCCN(C)C)cc1-c1cnc(N)nc1. The molecule has 0 saturated heterocycles. The molecule has 0 bridgehead atoms. The van der Waals surface area contributed by atoms with E-state index in [1.165, 1.54) is 5.56 Å². The molecule has 7 nitrogen and oxygen atoms in total. The highest BCUT2D eigenvalue weighted by Crippen LogP contribution is 2.33. The molecule has 0 aliphatic heterocycles. The van der Waals surface area contributed by atoms with Gasteiger partial charge in [0.25, 0.3) is 5.91 Å². The van der Waals surface area contributed by atoms with Crippen molar-refractivity contribution in [1.29, 1.82) is 0 Å². The molecule has 186 valence electrons. The Hall–Kier alpha value is -3.45. The molecule has 3 rings (SSSR count). The van der Waals surface area contributed by atoms with Gasteiger partial charge in [-0.05, 0) is 80.4 Å². The number of nitrogens with two attached hydrogens (primary N) is 1. The molecule has 0 aliphatic carbocycles. The predicted molar refractivity (Wildman–Crippen MR) is 146 cm³/mol. The molecule has 0 fully saturated rings. The minimum Gasteiger partial charge on any atom is -0.373 e. The van der Waals surface area contributed by atoms with Gasteiger partial charge in [0.05, 0.1) is 11.4 Å². The number of aromatic nitrogens is 2. The molecule has 2 aromatic carbocycles. The van der Waals surface area contributed by atoms with Crippen LogP contribution >= 0.6 is 0 Å². The van der Waals surface area contributed by atoms with Crippen molar-refractivity contribution in [3.63, 3.8) is 0 Å². The van der Waals surface area contributed by atoms with Gasteiger partial charge in [0, 0.05) is 37.1 Å². The molecule has 3 N–H and O–H groups in total. The van der Waals surface area contributed by atoms with Gasteiger partial charge in [-0.2, -0.15) is 0 Å². The Balaban J connectivity index is 1.92. The maximum Gasteiger partial charge on any atom is 0.255 e. The summed E-state index contributed by atoms with van der Waals surface area (Å²) in [5.74, 6) is 0.0675. The quantitative estimate of drug-likeness (QED) is 0.479. The lowest BCUT2D eigenvalue weighted by molar-refractivity contribution is 0.102. The van der Waals surface area contributed by atoms with Crippen LogP contribution in [0.25, 0.3) is 11.1 Å². The Morgan fingerprint density at radius 2 is 1.69 bits per heavy atom. The van der Waals surface area contributed by atoms with Crippen molar-refractivity contribution in [2.75, 3.05) is 50.2 Å². The summed E-state index contributed by atoms with van der Waals surface area (Å²) in [6.45, 7) is 10.4. The highest BCUT2D eigenvalue weighted by Gasteiger charge is 2.19. The largest absolute Gasteiger partial charge is 0.373 e. The number of nitrogens with one attached hydrogen (secondary N) is 1. The standard InChI is InChI=1S/C28H38N6O/c1-19-9-10-20(15-23(19)21-17-30-27(29)31-18-21)26(35)32-24-16-22(28(2,3)4)11-12-25(24)34(7)14-8-13-33(5)6/h9-12,15-18H,8,13-14H2,1-7H3,(H,32,35)(H2,29,30,31). The summed E-state index contributed by atoms with van der Waals surface area (Å²) >= 11 is 0. The van der Waals surface area contributed by atoms with E-state index in [0.29, 0.717) is 5.56 Å². The van der Waals surface area contributed by atoms with Crippen LogP contribution in [0.3, 0.4) is 0 Å². The Kier molecular flexibility index (Phi) is 8.12. The Morgan fingerprint density at radius 3 is 2.31 bits per heavy atom. The molecule has 0 spiro atoms. The van der Waals surface area contributed by atoms with Crippen molar-refractivity contribution in [2.45, 2.75) is 39.5 Å². The second-order valence-corrected chi connectivity index (χ2v) is 10.4. The van der Waals surface area contributed by atoms with Crippen LogP contribution in [0.1, 0.15) is 48.7 Å². The third-order valence-corrected chi connectivity index (χ3v) is 6.10. The fourth-order valence-corrected chi connectivity index (χ4v) is 3.93. The third kappa shape index (κ3) is 6.79. The normalized spacial score (nSPS) is 11.5. The van der Waals surface area contributed by atoms with E-state index in [2.05, 4.69) is 85.2 Å². The summed E-state index contributed by atoms with van der Waals surface area (Å²) in [6.07, 6.45) is 4.39. The van der Waals surface area contributed by atoms with E-state index < -0.39 is 0 Å². The summed E-state index contributed by atoms with van der Waals surface area (Å²) in [5, 5.41) is 3.18. The number of aryl methyl sites for hydroxylation is 1. The summed E-state index contributed by atoms with van der Waals surface area (Å²) in [6, 6.07) is 12.0. The third-order valence-electron chi connectivity index (χ3n) is 6.10. The van der Waals surface area contributed by atoms with Gasteiger partial charge in [-0.15, -0.1) is 0 Å². The minimum atomic E-state index is -0.156. The van der Waals surface area contributed by atoms with Crippen LogP contribution in [-0.4, -0.2) is 55.0 Å². The molecule has 1 amide bonds. The number of hydrogen-bond donors (Lipinski definition) is 2. The van der Waals surface area contributed by atoms with Crippen molar-refractivity contribution in [3.8, 4) is 11.1 Å². The van der Waals surface area contributed by atoms with E-state index in [0.717, 1.165) is 47.6 Å². The highest BCUT2D eigenvalue weighted by atomic mass is 16.1.